The monoisotopic (exact) mass is 258 g/mol. The Hall–Kier alpha value is -0.120. The Balaban J connectivity index is 4.34. The quantitative estimate of drug-likeness (QED) is 0.579. The van der Waals surface area contributed by atoms with Crippen LogP contribution in [-0.2, 0) is 4.74 Å². The van der Waals surface area contributed by atoms with Crippen molar-refractivity contribution in [2.45, 2.75) is 59.4 Å². The fraction of sp³-hybridized carbons (Fsp3) is 1.00. The predicted octanol–water partition coefficient (Wildman–Crippen LogP) is 2.89. The summed E-state index contributed by atoms with van der Waals surface area (Å²) in [6.07, 6.45) is 3.40. The number of nitrogens with two attached hydrogens (primary N) is 1. The second-order valence-corrected chi connectivity index (χ2v) is 5.59. The first kappa shape index (κ1) is 17.9. The molecule has 0 aliphatic rings. The molecule has 0 bridgehead atoms. The molecule has 0 unspecified atom stereocenters. The van der Waals surface area contributed by atoms with E-state index in [1.54, 1.807) is 0 Å². The molecular weight excluding hydrogens is 224 g/mol. The highest BCUT2D eigenvalue weighted by atomic mass is 16.5. The van der Waals surface area contributed by atoms with Crippen LogP contribution in [-0.4, -0.2) is 43.3 Å². The van der Waals surface area contributed by atoms with E-state index in [1.807, 2.05) is 0 Å². The Labute approximate surface area is 114 Å². The second kappa shape index (κ2) is 9.76. The molecule has 18 heavy (non-hydrogen) atoms. The van der Waals surface area contributed by atoms with Crippen LogP contribution in [0.15, 0.2) is 0 Å². The molecule has 0 spiro atoms. The predicted molar refractivity (Wildman–Crippen MR) is 79.9 cm³/mol. The Kier molecular flexibility index (Phi) is 9.70. The van der Waals surface area contributed by atoms with Crippen molar-refractivity contribution in [2.75, 3.05) is 32.8 Å². The average molecular weight is 258 g/mol. The van der Waals surface area contributed by atoms with Gasteiger partial charge in [-0.3, -0.25) is 4.90 Å². The highest BCUT2D eigenvalue weighted by molar-refractivity contribution is 4.89. The Morgan fingerprint density at radius 1 is 1.11 bits per heavy atom. The van der Waals surface area contributed by atoms with Gasteiger partial charge in [0.25, 0.3) is 0 Å². The van der Waals surface area contributed by atoms with Crippen LogP contribution >= 0.6 is 0 Å². The van der Waals surface area contributed by atoms with Crippen molar-refractivity contribution in [3.05, 3.63) is 0 Å². The van der Waals surface area contributed by atoms with E-state index in [0.29, 0.717) is 5.92 Å². The van der Waals surface area contributed by atoms with Crippen LogP contribution in [0.1, 0.15) is 53.9 Å². The van der Waals surface area contributed by atoms with Gasteiger partial charge in [0.05, 0.1) is 6.61 Å². The minimum Gasteiger partial charge on any atom is -0.380 e. The molecule has 110 valence electrons. The first-order valence-electron chi connectivity index (χ1n) is 7.59. The molecule has 0 aromatic carbocycles. The topological polar surface area (TPSA) is 38.5 Å². The molecule has 0 aromatic rings. The Morgan fingerprint density at radius 2 is 1.72 bits per heavy atom. The molecule has 0 fully saturated rings. The summed E-state index contributed by atoms with van der Waals surface area (Å²) in [4.78, 5) is 2.54. The van der Waals surface area contributed by atoms with Gasteiger partial charge < -0.3 is 10.5 Å². The van der Waals surface area contributed by atoms with Crippen molar-refractivity contribution >= 4 is 0 Å². The van der Waals surface area contributed by atoms with Gasteiger partial charge in [-0.2, -0.15) is 0 Å². The van der Waals surface area contributed by atoms with Crippen LogP contribution in [0.3, 0.4) is 0 Å². The van der Waals surface area contributed by atoms with Gasteiger partial charge in [-0.25, -0.2) is 0 Å². The summed E-state index contributed by atoms with van der Waals surface area (Å²) in [5, 5.41) is 0. The molecule has 0 aliphatic carbocycles. The van der Waals surface area contributed by atoms with E-state index < -0.39 is 0 Å². The minimum atomic E-state index is 0.164. The number of nitrogens with zero attached hydrogens (tertiary/aromatic N) is 1. The van der Waals surface area contributed by atoms with E-state index in [2.05, 4.69) is 39.5 Å². The Morgan fingerprint density at radius 3 is 2.11 bits per heavy atom. The zero-order valence-electron chi connectivity index (χ0n) is 13.2. The summed E-state index contributed by atoms with van der Waals surface area (Å²) >= 11 is 0. The third-order valence-electron chi connectivity index (χ3n) is 3.82. The van der Waals surface area contributed by atoms with Gasteiger partial charge >= 0.3 is 0 Å². The molecule has 0 aromatic heterocycles. The third-order valence-corrected chi connectivity index (χ3v) is 3.82. The molecule has 0 saturated heterocycles. The molecule has 3 heteroatoms. The largest absolute Gasteiger partial charge is 0.380 e. The molecule has 0 amide bonds. The molecule has 2 N–H and O–H groups in total. The van der Waals surface area contributed by atoms with Crippen LogP contribution in [0, 0.1) is 5.92 Å². The normalized spacial score (nSPS) is 12.7. The summed E-state index contributed by atoms with van der Waals surface area (Å²) in [6, 6.07) is 0. The van der Waals surface area contributed by atoms with Crippen LogP contribution in [0.25, 0.3) is 0 Å². The van der Waals surface area contributed by atoms with E-state index in [4.69, 9.17) is 10.5 Å². The number of hydrogen-bond acceptors (Lipinski definition) is 3. The molecule has 0 saturated carbocycles. The number of ether oxygens (including phenoxy) is 1. The van der Waals surface area contributed by atoms with Crippen LogP contribution in [0.2, 0.25) is 0 Å². The molecule has 0 rings (SSSR count). The van der Waals surface area contributed by atoms with Gasteiger partial charge in [-0.1, -0.05) is 34.6 Å². The van der Waals surface area contributed by atoms with Gasteiger partial charge in [0, 0.05) is 25.2 Å². The van der Waals surface area contributed by atoms with Crippen LogP contribution in [0.5, 0.6) is 0 Å². The number of rotatable bonds is 11. The first-order chi connectivity index (χ1) is 8.56. The maximum absolute atomic E-state index is 6.03. The van der Waals surface area contributed by atoms with Crippen molar-refractivity contribution in [1.29, 1.82) is 0 Å². The van der Waals surface area contributed by atoms with Crippen molar-refractivity contribution in [3.63, 3.8) is 0 Å². The summed E-state index contributed by atoms with van der Waals surface area (Å²) in [5.74, 6) is 0.612. The summed E-state index contributed by atoms with van der Waals surface area (Å²) in [7, 11) is 0. The Bertz CT molecular complexity index is 183. The maximum atomic E-state index is 6.03. The first-order valence-corrected chi connectivity index (χ1v) is 7.59. The summed E-state index contributed by atoms with van der Waals surface area (Å²) in [5.41, 5.74) is 6.19. The summed E-state index contributed by atoms with van der Waals surface area (Å²) in [6.45, 7) is 15.6. The second-order valence-electron chi connectivity index (χ2n) is 5.59. The molecule has 0 atom stereocenters. The lowest BCUT2D eigenvalue weighted by Crippen LogP contribution is -2.54. The highest BCUT2D eigenvalue weighted by Gasteiger charge is 2.30. The van der Waals surface area contributed by atoms with Gasteiger partial charge in [-0.15, -0.1) is 0 Å². The van der Waals surface area contributed by atoms with Crippen molar-refractivity contribution < 1.29 is 4.74 Å². The van der Waals surface area contributed by atoms with Crippen molar-refractivity contribution in [3.8, 4) is 0 Å². The van der Waals surface area contributed by atoms with E-state index in [0.717, 1.165) is 45.7 Å². The van der Waals surface area contributed by atoms with Crippen molar-refractivity contribution in [2.24, 2.45) is 11.7 Å². The minimum absolute atomic E-state index is 0.164. The van der Waals surface area contributed by atoms with E-state index in [9.17, 15) is 0 Å². The van der Waals surface area contributed by atoms with Gasteiger partial charge in [0.15, 0.2) is 0 Å². The van der Waals surface area contributed by atoms with E-state index in [1.165, 1.54) is 6.42 Å². The van der Waals surface area contributed by atoms with Crippen LogP contribution < -0.4 is 5.73 Å². The number of hydrogen-bond donors (Lipinski definition) is 1. The van der Waals surface area contributed by atoms with Gasteiger partial charge in [0.2, 0.25) is 0 Å². The highest BCUT2D eigenvalue weighted by Crippen LogP contribution is 2.23. The van der Waals surface area contributed by atoms with Crippen LogP contribution in [0.4, 0.5) is 0 Å². The van der Waals surface area contributed by atoms with Gasteiger partial charge in [-0.05, 0) is 31.7 Å². The maximum Gasteiger partial charge on any atom is 0.0593 e. The molecule has 0 radical (unpaired) electrons. The zero-order valence-corrected chi connectivity index (χ0v) is 13.2. The molecule has 0 aliphatic heterocycles. The van der Waals surface area contributed by atoms with E-state index >= 15 is 0 Å². The molecular formula is C15H34N2O. The van der Waals surface area contributed by atoms with E-state index in [-0.39, 0.29) is 5.54 Å². The average Bonchev–Trinajstić information content (AvgIpc) is 2.36. The standard InChI is InChI=1S/C15H34N2O/c1-6-9-17(10-11-18-12-14(4)5)15(7-2,8-3)13-16/h14H,6-13,16H2,1-5H3. The lowest BCUT2D eigenvalue weighted by molar-refractivity contribution is 0.0327. The third kappa shape index (κ3) is 5.68. The fourth-order valence-electron chi connectivity index (χ4n) is 2.46. The smallest absolute Gasteiger partial charge is 0.0593 e. The fourth-order valence-corrected chi connectivity index (χ4v) is 2.46. The lowest BCUT2D eigenvalue weighted by Gasteiger charge is -2.42. The molecule has 3 nitrogen and oxygen atoms in total. The van der Waals surface area contributed by atoms with Crippen molar-refractivity contribution in [1.82, 2.24) is 4.90 Å². The lowest BCUT2D eigenvalue weighted by atomic mass is 9.90. The molecule has 0 heterocycles. The zero-order chi connectivity index (χ0) is 14.0. The van der Waals surface area contributed by atoms with Gasteiger partial charge in [0.1, 0.15) is 0 Å². The summed E-state index contributed by atoms with van der Waals surface area (Å²) < 4.78 is 5.72. The SMILES string of the molecule is CCCN(CCOCC(C)C)C(CC)(CC)CN.